The van der Waals surface area contributed by atoms with Gasteiger partial charge in [0.05, 0.1) is 6.04 Å². The number of likely N-dealkylation sites (tertiary alicyclic amines) is 1. The van der Waals surface area contributed by atoms with Crippen molar-refractivity contribution in [3.8, 4) is 16.2 Å². The van der Waals surface area contributed by atoms with Crippen molar-refractivity contribution in [1.82, 2.24) is 4.90 Å². The van der Waals surface area contributed by atoms with Gasteiger partial charge >= 0.3 is 0 Å². The Morgan fingerprint density at radius 2 is 1.75 bits per heavy atom. The van der Waals surface area contributed by atoms with Gasteiger partial charge in [-0.2, -0.15) is 0 Å². The van der Waals surface area contributed by atoms with E-state index in [2.05, 4.69) is 70.9 Å². The molecule has 0 saturated carbocycles. The molecule has 36 heavy (non-hydrogen) atoms. The van der Waals surface area contributed by atoms with Gasteiger partial charge < -0.3 is 15.8 Å². The van der Waals surface area contributed by atoms with E-state index < -0.39 is 6.04 Å². The minimum absolute atomic E-state index is 0.186. The van der Waals surface area contributed by atoms with E-state index in [1.165, 1.54) is 52.0 Å². The van der Waals surface area contributed by atoms with Crippen molar-refractivity contribution in [3.63, 3.8) is 0 Å². The molecule has 0 radical (unpaired) electrons. The Hall–Kier alpha value is -3.19. The summed E-state index contributed by atoms with van der Waals surface area (Å²) in [6.45, 7) is 5.81. The minimum atomic E-state index is -0.541. The van der Waals surface area contributed by atoms with Crippen LogP contribution in [0.3, 0.4) is 0 Å². The third-order valence-corrected chi connectivity index (χ3v) is 7.97. The first-order valence-corrected chi connectivity index (χ1v) is 13.5. The Morgan fingerprint density at radius 1 is 1.03 bits per heavy atom. The zero-order chi connectivity index (χ0) is 24.9. The van der Waals surface area contributed by atoms with Crippen LogP contribution in [0.25, 0.3) is 20.5 Å². The summed E-state index contributed by atoms with van der Waals surface area (Å²) in [5.41, 5.74) is 10.2. The highest BCUT2D eigenvalue weighted by atomic mass is 32.1. The van der Waals surface area contributed by atoms with Crippen LogP contribution in [0.15, 0.2) is 72.8 Å². The Morgan fingerprint density at radius 3 is 2.47 bits per heavy atom. The Kier molecular flexibility index (Phi) is 7.66. The summed E-state index contributed by atoms with van der Waals surface area (Å²) in [5.74, 6) is 0.742. The number of thiophene rings is 1. The van der Waals surface area contributed by atoms with E-state index in [-0.39, 0.29) is 5.91 Å². The number of nitrogens with one attached hydrogen (secondary N) is 1. The maximum absolute atomic E-state index is 11.9. The largest absolute Gasteiger partial charge is 0.492 e. The van der Waals surface area contributed by atoms with Crippen molar-refractivity contribution in [1.29, 1.82) is 0 Å². The highest BCUT2D eigenvalue weighted by molar-refractivity contribution is 7.22. The predicted octanol–water partition coefficient (Wildman–Crippen LogP) is 5.92. The zero-order valence-corrected chi connectivity index (χ0v) is 21.5. The van der Waals surface area contributed by atoms with Gasteiger partial charge in [0.25, 0.3) is 0 Å². The first kappa shape index (κ1) is 24.5. The van der Waals surface area contributed by atoms with Crippen molar-refractivity contribution >= 4 is 33.0 Å². The first-order chi connectivity index (χ1) is 17.6. The van der Waals surface area contributed by atoms with Crippen molar-refractivity contribution in [2.24, 2.45) is 5.73 Å². The molecule has 5 nitrogen and oxygen atoms in total. The summed E-state index contributed by atoms with van der Waals surface area (Å²) in [7, 11) is 0. The number of rotatable bonds is 9. The van der Waals surface area contributed by atoms with E-state index in [9.17, 15) is 4.79 Å². The van der Waals surface area contributed by atoms with Gasteiger partial charge in [0, 0.05) is 21.8 Å². The second-order valence-corrected chi connectivity index (χ2v) is 10.5. The Labute approximate surface area is 216 Å². The smallest absolute Gasteiger partial charge is 0.240 e. The molecule has 3 aromatic carbocycles. The summed E-state index contributed by atoms with van der Waals surface area (Å²) >= 11 is 1.81. The van der Waals surface area contributed by atoms with Gasteiger partial charge in [0.1, 0.15) is 12.4 Å². The number of carbonyl (C=O) groups excluding carboxylic acids is 1. The van der Waals surface area contributed by atoms with Crippen LogP contribution in [0, 0.1) is 0 Å². The Bertz CT molecular complexity index is 1310. The molecule has 186 valence electrons. The monoisotopic (exact) mass is 499 g/mol. The highest BCUT2D eigenvalue weighted by Gasteiger charge is 2.15. The molecule has 1 aromatic heterocycles. The maximum atomic E-state index is 11.9. The van der Waals surface area contributed by atoms with Crippen LogP contribution >= 0.6 is 11.3 Å². The third kappa shape index (κ3) is 5.78. The predicted molar refractivity (Wildman–Crippen MR) is 150 cm³/mol. The fourth-order valence-corrected chi connectivity index (χ4v) is 5.90. The van der Waals surface area contributed by atoms with Gasteiger partial charge in [0.2, 0.25) is 5.91 Å². The number of anilines is 1. The molecule has 0 aliphatic carbocycles. The van der Waals surface area contributed by atoms with Crippen LogP contribution in [-0.4, -0.2) is 43.1 Å². The highest BCUT2D eigenvalue weighted by Crippen LogP contribution is 2.40. The average molecular weight is 500 g/mol. The lowest BCUT2D eigenvalue weighted by molar-refractivity contribution is -0.117. The molecule has 1 saturated heterocycles. The van der Waals surface area contributed by atoms with E-state index in [1.54, 1.807) is 6.92 Å². The topological polar surface area (TPSA) is 67.6 Å². The van der Waals surface area contributed by atoms with E-state index in [4.69, 9.17) is 10.5 Å². The molecule has 1 amide bonds. The zero-order valence-electron chi connectivity index (χ0n) is 20.7. The second kappa shape index (κ2) is 11.2. The van der Waals surface area contributed by atoms with Crippen LogP contribution in [0.5, 0.6) is 5.75 Å². The van der Waals surface area contributed by atoms with Gasteiger partial charge in [-0.3, -0.25) is 9.69 Å². The molecule has 1 aliphatic heterocycles. The fraction of sp³-hybridized carbons (Fsp3) is 0.300. The molecular weight excluding hydrogens is 466 g/mol. The van der Waals surface area contributed by atoms with E-state index in [0.717, 1.165) is 36.6 Å². The number of hydrogen-bond acceptors (Lipinski definition) is 5. The third-order valence-electron chi connectivity index (χ3n) is 6.71. The number of fused-ring (bicyclic) bond motifs is 1. The summed E-state index contributed by atoms with van der Waals surface area (Å²) in [5, 5.41) is 4.15. The van der Waals surface area contributed by atoms with E-state index in [1.807, 2.05) is 23.5 Å². The van der Waals surface area contributed by atoms with Gasteiger partial charge in [-0.15, -0.1) is 11.3 Å². The number of amides is 1. The normalized spacial score (nSPS) is 14.7. The van der Waals surface area contributed by atoms with Gasteiger partial charge in [-0.1, -0.05) is 42.5 Å². The number of hydrogen-bond donors (Lipinski definition) is 2. The maximum Gasteiger partial charge on any atom is 0.240 e. The molecule has 0 spiro atoms. The first-order valence-electron chi connectivity index (χ1n) is 12.7. The van der Waals surface area contributed by atoms with Crippen molar-refractivity contribution in [3.05, 3.63) is 83.9 Å². The van der Waals surface area contributed by atoms with Crippen LogP contribution in [0.1, 0.15) is 30.9 Å². The molecule has 1 atom stereocenters. The fourth-order valence-electron chi connectivity index (χ4n) is 4.67. The van der Waals surface area contributed by atoms with Crippen LogP contribution in [0.4, 0.5) is 5.69 Å². The molecule has 1 unspecified atom stereocenters. The lowest BCUT2D eigenvalue weighted by atomic mass is 9.99. The van der Waals surface area contributed by atoms with Gasteiger partial charge in [-0.05, 0) is 91.7 Å². The number of ether oxygens (including phenoxy) is 1. The summed E-state index contributed by atoms with van der Waals surface area (Å²) in [6, 6.07) is 24.6. The van der Waals surface area contributed by atoms with Crippen molar-refractivity contribution in [2.45, 2.75) is 32.2 Å². The molecule has 1 aliphatic rings. The second-order valence-electron chi connectivity index (χ2n) is 9.48. The quantitative estimate of drug-likeness (QED) is 0.300. The lowest BCUT2D eigenvalue weighted by Crippen LogP contribution is -2.32. The van der Waals surface area contributed by atoms with E-state index >= 15 is 0 Å². The molecule has 6 heteroatoms. The molecule has 2 heterocycles. The Balaban J connectivity index is 1.33. The van der Waals surface area contributed by atoms with Crippen molar-refractivity contribution in [2.75, 3.05) is 31.6 Å². The number of nitrogens with zero attached hydrogens (tertiary/aromatic N) is 1. The average Bonchev–Trinajstić information content (AvgIpc) is 3.54. The van der Waals surface area contributed by atoms with Gasteiger partial charge in [0.15, 0.2) is 0 Å². The van der Waals surface area contributed by atoms with Crippen LogP contribution < -0.4 is 15.8 Å². The molecule has 1 fully saturated rings. The van der Waals surface area contributed by atoms with Gasteiger partial charge in [-0.25, -0.2) is 0 Å². The molecule has 3 N–H and O–H groups in total. The molecule has 0 bridgehead atoms. The summed E-state index contributed by atoms with van der Waals surface area (Å²) in [4.78, 5) is 15.7. The minimum Gasteiger partial charge on any atom is -0.492 e. The van der Waals surface area contributed by atoms with E-state index in [0.29, 0.717) is 0 Å². The molecular formula is C30H33N3O2S. The number of nitrogens with two attached hydrogens (primary N) is 1. The SMILES string of the molecule is CC(N)C(=O)Nc1ccc(-c2sc3ccccc3c2Cc2ccc(OCCN3CCCC3)cc2)cc1. The summed E-state index contributed by atoms with van der Waals surface area (Å²) in [6.07, 6.45) is 3.46. The van der Waals surface area contributed by atoms with Crippen LogP contribution in [-0.2, 0) is 11.2 Å². The van der Waals surface area contributed by atoms with Crippen LogP contribution in [0.2, 0.25) is 0 Å². The standard InChI is InChI=1S/C30H33N3O2S/c1-21(31)30(34)32-24-12-10-23(11-13-24)29-27(26-6-2-3-7-28(26)36-29)20-22-8-14-25(15-9-22)35-19-18-33-16-4-5-17-33/h2-3,6-15,21H,4-5,16-20,31H2,1H3,(H,32,34). The molecule has 5 rings (SSSR count). The number of carbonyl (C=O) groups is 1. The summed E-state index contributed by atoms with van der Waals surface area (Å²) < 4.78 is 7.27. The lowest BCUT2D eigenvalue weighted by Gasteiger charge is -2.15. The number of benzene rings is 3. The van der Waals surface area contributed by atoms with Crippen molar-refractivity contribution < 1.29 is 9.53 Å². The molecule has 4 aromatic rings.